The molecule has 0 bridgehead atoms. The Labute approximate surface area is 168 Å². The molecule has 0 N–H and O–H groups in total. The summed E-state index contributed by atoms with van der Waals surface area (Å²) in [5.74, 6) is -0.607. The van der Waals surface area contributed by atoms with Crippen molar-refractivity contribution in [2.75, 3.05) is 11.4 Å². The van der Waals surface area contributed by atoms with Gasteiger partial charge in [-0.3, -0.25) is 14.5 Å². The molecule has 0 unspecified atom stereocenters. The molecule has 1 saturated heterocycles. The normalized spacial score (nSPS) is 20.8. The number of hydrogen-bond acceptors (Lipinski definition) is 6. The molecule has 2 aliphatic heterocycles. The molecular weight excluding hydrogens is 374 g/mol. The number of aryl methyl sites for hydroxylation is 1. The number of hydrogen-bond donors (Lipinski definition) is 0. The van der Waals surface area contributed by atoms with Crippen LogP contribution in [0.3, 0.4) is 0 Å². The molecule has 29 heavy (non-hydrogen) atoms. The van der Waals surface area contributed by atoms with E-state index >= 15 is 0 Å². The van der Waals surface area contributed by atoms with Gasteiger partial charge < -0.3 is 14.2 Å². The number of carbonyl (C=O) groups is 3. The minimum absolute atomic E-state index is 0.100. The van der Waals surface area contributed by atoms with Gasteiger partial charge in [-0.25, -0.2) is 4.79 Å². The highest BCUT2D eigenvalue weighted by Gasteiger charge is 2.62. The second kappa shape index (κ2) is 7.02. The van der Waals surface area contributed by atoms with Gasteiger partial charge in [0, 0.05) is 25.5 Å². The topological polar surface area (TPSA) is 93.0 Å². The fourth-order valence-electron chi connectivity index (χ4n) is 4.10. The van der Waals surface area contributed by atoms with Crippen molar-refractivity contribution in [1.82, 2.24) is 10.1 Å². The van der Waals surface area contributed by atoms with E-state index in [1.54, 1.807) is 37.3 Å². The lowest BCUT2D eigenvalue weighted by Gasteiger charge is -2.48. The van der Waals surface area contributed by atoms with Crippen molar-refractivity contribution in [3.05, 3.63) is 47.3 Å². The molecule has 8 nitrogen and oxygen atoms in total. The highest BCUT2D eigenvalue weighted by Crippen LogP contribution is 2.45. The zero-order chi connectivity index (χ0) is 20.8. The molecule has 1 fully saturated rings. The molecule has 0 spiro atoms. The maximum atomic E-state index is 13.4. The Bertz CT molecular complexity index is 982. The van der Waals surface area contributed by atoms with E-state index in [2.05, 4.69) is 5.16 Å². The van der Waals surface area contributed by atoms with Crippen LogP contribution in [0.1, 0.15) is 48.5 Å². The summed E-state index contributed by atoms with van der Waals surface area (Å²) >= 11 is 0. The molecule has 1 aromatic heterocycles. The van der Waals surface area contributed by atoms with Gasteiger partial charge in [0.05, 0.1) is 16.9 Å². The number of benzene rings is 1. The van der Waals surface area contributed by atoms with Gasteiger partial charge in [0.15, 0.2) is 12.4 Å². The van der Waals surface area contributed by atoms with Crippen LogP contribution in [0.4, 0.5) is 5.69 Å². The molecule has 2 amide bonds. The Morgan fingerprint density at radius 1 is 1.31 bits per heavy atom. The van der Waals surface area contributed by atoms with E-state index in [0.717, 1.165) is 0 Å². The van der Waals surface area contributed by atoms with E-state index in [9.17, 15) is 14.4 Å². The Morgan fingerprint density at radius 2 is 2.07 bits per heavy atom. The van der Waals surface area contributed by atoms with Gasteiger partial charge in [0.1, 0.15) is 0 Å². The lowest BCUT2D eigenvalue weighted by molar-refractivity contribution is -0.159. The number of nitrogens with zero attached hydrogens (tertiary/aromatic N) is 3. The first kappa shape index (κ1) is 19.2. The summed E-state index contributed by atoms with van der Waals surface area (Å²) < 4.78 is 10.7. The third-order valence-corrected chi connectivity index (χ3v) is 5.27. The van der Waals surface area contributed by atoms with Crippen LogP contribution in [0.2, 0.25) is 0 Å². The Kier molecular flexibility index (Phi) is 4.64. The number of esters is 1. The fourth-order valence-corrected chi connectivity index (χ4v) is 4.10. The van der Waals surface area contributed by atoms with E-state index in [1.165, 1.54) is 9.80 Å². The SMILES string of the molecule is Cc1cc(COC(=O)[C@]23CCC(=O)N2c2ccccc2C(=O)N3CC(C)C)on1. The zero-order valence-corrected chi connectivity index (χ0v) is 16.7. The van der Waals surface area contributed by atoms with Crippen LogP contribution in [-0.2, 0) is 20.9 Å². The smallest absolute Gasteiger partial charge is 0.354 e. The molecule has 0 aliphatic carbocycles. The minimum Gasteiger partial charge on any atom is -0.454 e. The number of ether oxygens (including phenoxy) is 1. The van der Waals surface area contributed by atoms with Crippen LogP contribution in [-0.4, -0.2) is 40.0 Å². The Morgan fingerprint density at radius 3 is 2.76 bits per heavy atom. The van der Waals surface area contributed by atoms with Crippen molar-refractivity contribution in [2.45, 2.75) is 45.9 Å². The summed E-state index contributed by atoms with van der Waals surface area (Å²) in [5, 5.41) is 3.78. The van der Waals surface area contributed by atoms with Crippen LogP contribution in [0.25, 0.3) is 0 Å². The van der Waals surface area contributed by atoms with Gasteiger partial charge in [0.2, 0.25) is 11.6 Å². The maximum absolute atomic E-state index is 13.4. The number of fused-ring (bicyclic) bond motifs is 3. The summed E-state index contributed by atoms with van der Waals surface area (Å²) in [4.78, 5) is 42.5. The number of carbonyl (C=O) groups excluding carboxylic acids is 3. The fraction of sp³-hybridized carbons (Fsp3) is 0.429. The lowest BCUT2D eigenvalue weighted by Crippen LogP contribution is -2.69. The van der Waals surface area contributed by atoms with E-state index < -0.39 is 11.6 Å². The van der Waals surface area contributed by atoms with Crippen LogP contribution in [0, 0.1) is 12.8 Å². The molecule has 2 aromatic rings. The van der Waals surface area contributed by atoms with Gasteiger partial charge in [0.25, 0.3) is 5.91 Å². The highest BCUT2D eigenvalue weighted by molar-refractivity contribution is 6.15. The number of rotatable bonds is 5. The average Bonchev–Trinajstić information content (AvgIpc) is 3.27. The molecule has 152 valence electrons. The quantitative estimate of drug-likeness (QED) is 0.720. The van der Waals surface area contributed by atoms with Crippen molar-refractivity contribution in [3.63, 3.8) is 0 Å². The maximum Gasteiger partial charge on any atom is 0.354 e. The zero-order valence-electron chi connectivity index (χ0n) is 16.7. The highest BCUT2D eigenvalue weighted by atomic mass is 16.6. The van der Waals surface area contributed by atoms with Crippen molar-refractivity contribution in [1.29, 1.82) is 0 Å². The first-order valence-electron chi connectivity index (χ1n) is 9.68. The van der Waals surface area contributed by atoms with E-state index in [1.807, 2.05) is 13.8 Å². The second-order valence-electron chi connectivity index (χ2n) is 7.88. The first-order valence-corrected chi connectivity index (χ1v) is 9.68. The van der Waals surface area contributed by atoms with E-state index in [0.29, 0.717) is 29.2 Å². The van der Waals surface area contributed by atoms with E-state index in [-0.39, 0.29) is 37.2 Å². The minimum atomic E-state index is -1.48. The molecule has 3 heterocycles. The van der Waals surface area contributed by atoms with Crippen LogP contribution >= 0.6 is 0 Å². The predicted octanol–water partition coefficient (Wildman–Crippen LogP) is 2.66. The summed E-state index contributed by atoms with van der Waals surface area (Å²) in [7, 11) is 0. The van der Waals surface area contributed by atoms with Gasteiger partial charge in [-0.15, -0.1) is 0 Å². The molecule has 4 rings (SSSR count). The molecular formula is C21H23N3O5. The van der Waals surface area contributed by atoms with Gasteiger partial charge in [-0.05, 0) is 25.0 Å². The average molecular weight is 397 g/mol. The summed E-state index contributed by atoms with van der Waals surface area (Å²) in [5.41, 5.74) is 0.0576. The summed E-state index contributed by atoms with van der Waals surface area (Å²) in [6, 6.07) is 8.56. The number of anilines is 1. The molecule has 2 aliphatic rings. The van der Waals surface area contributed by atoms with Gasteiger partial charge in [-0.2, -0.15) is 0 Å². The van der Waals surface area contributed by atoms with Crippen LogP contribution < -0.4 is 4.90 Å². The summed E-state index contributed by atoms with van der Waals surface area (Å²) in [6.07, 6.45) is 0.347. The molecule has 8 heteroatoms. The summed E-state index contributed by atoms with van der Waals surface area (Å²) in [6.45, 7) is 5.91. The third kappa shape index (κ3) is 2.99. The molecule has 0 saturated carbocycles. The first-order chi connectivity index (χ1) is 13.8. The van der Waals surface area contributed by atoms with Crippen molar-refractivity contribution >= 4 is 23.5 Å². The van der Waals surface area contributed by atoms with Gasteiger partial charge in [-0.1, -0.05) is 31.1 Å². The Balaban J connectivity index is 1.76. The van der Waals surface area contributed by atoms with Gasteiger partial charge >= 0.3 is 5.97 Å². The second-order valence-corrected chi connectivity index (χ2v) is 7.88. The lowest BCUT2D eigenvalue weighted by atomic mass is 9.95. The number of para-hydroxylation sites is 1. The molecule has 0 radical (unpaired) electrons. The van der Waals surface area contributed by atoms with Crippen LogP contribution in [0.5, 0.6) is 0 Å². The molecule has 1 atom stereocenters. The van der Waals surface area contributed by atoms with Crippen molar-refractivity contribution in [3.8, 4) is 0 Å². The molecule has 1 aromatic carbocycles. The Hall–Kier alpha value is -3.16. The van der Waals surface area contributed by atoms with Crippen molar-refractivity contribution in [2.24, 2.45) is 5.92 Å². The predicted molar refractivity (Wildman–Crippen MR) is 103 cm³/mol. The number of amides is 2. The number of aromatic nitrogens is 1. The largest absolute Gasteiger partial charge is 0.454 e. The third-order valence-electron chi connectivity index (χ3n) is 5.27. The van der Waals surface area contributed by atoms with Crippen molar-refractivity contribution < 1.29 is 23.6 Å². The monoisotopic (exact) mass is 397 g/mol. The van der Waals surface area contributed by atoms with Crippen LogP contribution in [0.15, 0.2) is 34.9 Å². The standard InChI is InChI=1S/C21H23N3O5/c1-13(2)11-23-19(26)16-6-4-5-7-17(16)24-18(25)8-9-21(23,24)20(27)28-12-15-10-14(3)22-29-15/h4-7,10,13H,8-9,11-12H2,1-3H3/t21-/m0/s1. The van der Waals surface area contributed by atoms with E-state index in [4.69, 9.17) is 9.26 Å².